The largest absolute Gasteiger partial charge is 0.492 e. The molecule has 5 nitrogen and oxygen atoms in total. The van der Waals surface area contributed by atoms with Gasteiger partial charge in [0.1, 0.15) is 12.4 Å². The van der Waals surface area contributed by atoms with Gasteiger partial charge in [0.15, 0.2) is 0 Å². The number of likely N-dealkylation sites (tertiary alicyclic amines) is 1. The van der Waals surface area contributed by atoms with Gasteiger partial charge in [0, 0.05) is 38.5 Å². The number of amides is 1. The Morgan fingerprint density at radius 2 is 1.69 bits per heavy atom. The first-order valence-corrected chi connectivity index (χ1v) is 11.9. The van der Waals surface area contributed by atoms with Crippen molar-refractivity contribution in [3.05, 3.63) is 60.2 Å². The number of carbonyl (C=O) groups is 1. The molecule has 2 fully saturated rings. The number of nitrogens with one attached hydrogen (secondary N) is 1. The van der Waals surface area contributed by atoms with E-state index < -0.39 is 5.41 Å². The number of anilines is 1. The summed E-state index contributed by atoms with van der Waals surface area (Å²) in [5.41, 5.74) is 1.31. The van der Waals surface area contributed by atoms with Crippen LogP contribution in [0.3, 0.4) is 0 Å². The number of carbonyl (C=O) groups excluding carboxylic acids is 1. The summed E-state index contributed by atoms with van der Waals surface area (Å²) in [6, 6.07) is 17.8. The first-order valence-electron chi connectivity index (χ1n) is 11.9. The van der Waals surface area contributed by atoms with Gasteiger partial charge in [-0.05, 0) is 60.9 Å². The fourth-order valence-corrected chi connectivity index (χ4v) is 5.28. The molecule has 0 bridgehead atoms. The van der Waals surface area contributed by atoms with Gasteiger partial charge < -0.3 is 14.8 Å². The van der Waals surface area contributed by atoms with E-state index in [1.54, 1.807) is 0 Å². The molecule has 0 aliphatic carbocycles. The van der Waals surface area contributed by atoms with E-state index in [9.17, 15) is 4.79 Å². The highest BCUT2D eigenvalue weighted by molar-refractivity contribution is 5.99. The molecule has 2 atom stereocenters. The van der Waals surface area contributed by atoms with Crippen LogP contribution in [0.2, 0.25) is 0 Å². The van der Waals surface area contributed by atoms with Gasteiger partial charge in [-0.1, -0.05) is 44.2 Å². The molecule has 172 valence electrons. The lowest BCUT2D eigenvalue weighted by Gasteiger charge is -2.36. The van der Waals surface area contributed by atoms with E-state index in [1.165, 1.54) is 6.42 Å². The number of ether oxygens (including phenoxy) is 2. The van der Waals surface area contributed by atoms with Crippen molar-refractivity contribution in [1.29, 1.82) is 0 Å². The van der Waals surface area contributed by atoms with Gasteiger partial charge in [-0.3, -0.25) is 9.69 Å². The second-order valence-corrected chi connectivity index (χ2v) is 9.59. The molecule has 0 spiro atoms. The quantitative estimate of drug-likeness (QED) is 0.682. The van der Waals surface area contributed by atoms with Crippen molar-refractivity contribution in [2.45, 2.75) is 38.5 Å². The van der Waals surface area contributed by atoms with Gasteiger partial charge in [0.2, 0.25) is 5.91 Å². The maximum Gasteiger partial charge on any atom is 0.235 e. The van der Waals surface area contributed by atoms with Crippen molar-refractivity contribution >= 4 is 11.6 Å². The second-order valence-electron chi connectivity index (χ2n) is 9.59. The monoisotopic (exact) mass is 436 g/mol. The Morgan fingerprint density at radius 1 is 1.03 bits per heavy atom. The van der Waals surface area contributed by atoms with Crippen molar-refractivity contribution in [3.63, 3.8) is 0 Å². The third-order valence-electron chi connectivity index (χ3n) is 6.84. The fourth-order valence-electron chi connectivity index (χ4n) is 5.28. The van der Waals surface area contributed by atoms with Crippen LogP contribution in [0.4, 0.5) is 5.69 Å². The average Bonchev–Trinajstić information content (AvgIpc) is 2.80. The Morgan fingerprint density at radius 3 is 2.34 bits per heavy atom. The second kappa shape index (κ2) is 10.5. The van der Waals surface area contributed by atoms with Crippen LogP contribution in [0.25, 0.3) is 0 Å². The van der Waals surface area contributed by atoms with E-state index in [4.69, 9.17) is 9.47 Å². The summed E-state index contributed by atoms with van der Waals surface area (Å²) < 4.78 is 11.5. The Labute approximate surface area is 192 Å². The van der Waals surface area contributed by atoms with Crippen molar-refractivity contribution in [3.8, 4) is 5.75 Å². The van der Waals surface area contributed by atoms with E-state index in [0.29, 0.717) is 32.7 Å². The summed E-state index contributed by atoms with van der Waals surface area (Å²) in [7, 11) is 0. The van der Waals surface area contributed by atoms with Crippen molar-refractivity contribution in [2.24, 2.45) is 11.8 Å². The number of hydrogen-bond acceptors (Lipinski definition) is 4. The molecule has 5 heteroatoms. The minimum absolute atomic E-state index is 0.0361. The molecule has 2 aromatic carbocycles. The molecule has 0 aromatic heterocycles. The van der Waals surface area contributed by atoms with Crippen molar-refractivity contribution in [2.75, 3.05) is 44.8 Å². The number of nitrogens with zero attached hydrogens (tertiary/aromatic N) is 1. The maximum absolute atomic E-state index is 13.4. The number of rotatable bonds is 7. The highest BCUT2D eigenvalue weighted by atomic mass is 16.5. The molecule has 2 aliphatic heterocycles. The number of benzene rings is 2. The molecule has 2 heterocycles. The molecule has 4 rings (SSSR count). The zero-order valence-corrected chi connectivity index (χ0v) is 19.4. The standard InChI is InChI=1S/C27H36N2O3/c1-21-18-22(2)20-29(19-21)14-17-32-25-10-8-24(9-11-25)28-26(30)27(12-15-31-16-13-27)23-6-4-3-5-7-23/h3-11,21-22H,12-20H2,1-2H3,(H,28,30). The van der Waals surface area contributed by atoms with E-state index in [1.807, 2.05) is 54.6 Å². The topological polar surface area (TPSA) is 50.8 Å². The van der Waals surface area contributed by atoms with E-state index >= 15 is 0 Å². The third-order valence-corrected chi connectivity index (χ3v) is 6.84. The summed E-state index contributed by atoms with van der Waals surface area (Å²) in [5.74, 6) is 2.40. The highest BCUT2D eigenvalue weighted by Crippen LogP contribution is 2.36. The molecule has 2 saturated heterocycles. The summed E-state index contributed by atoms with van der Waals surface area (Å²) in [5, 5.41) is 3.14. The van der Waals surface area contributed by atoms with Gasteiger partial charge in [0.25, 0.3) is 0 Å². The van der Waals surface area contributed by atoms with E-state index in [2.05, 4.69) is 24.1 Å². The van der Waals surface area contributed by atoms with Crippen LogP contribution in [-0.4, -0.2) is 50.3 Å². The molecule has 2 unspecified atom stereocenters. The first kappa shape index (κ1) is 22.8. The third kappa shape index (κ3) is 5.51. The lowest BCUT2D eigenvalue weighted by Crippen LogP contribution is -2.44. The first-order chi connectivity index (χ1) is 15.5. The van der Waals surface area contributed by atoms with Gasteiger partial charge in [-0.15, -0.1) is 0 Å². The predicted octanol–water partition coefficient (Wildman–Crippen LogP) is 4.73. The Bertz CT molecular complexity index is 852. The average molecular weight is 437 g/mol. The summed E-state index contributed by atoms with van der Waals surface area (Å²) in [6.07, 6.45) is 2.71. The normalized spacial score (nSPS) is 23.4. The molecular weight excluding hydrogens is 400 g/mol. The summed E-state index contributed by atoms with van der Waals surface area (Å²) in [6.45, 7) is 9.82. The molecule has 32 heavy (non-hydrogen) atoms. The SMILES string of the molecule is CC1CC(C)CN(CCOc2ccc(NC(=O)C3(c4ccccc4)CCOCC3)cc2)C1. The van der Waals surface area contributed by atoms with E-state index in [-0.39, 0.29) is 5.91 Å². The number of hydrogen-bond donors (Lipinski definition) is 1. The van der Waals surface area contributed by atoms with Gasteiger partial charge in [0.05, 0.1) is 5.41 Å². The lowest BCUT2D eigenvalue weighted by atomic mass is 9.73. The zero-order chi connectivity index (χ0) is 22.4. The van der Waals surface area contributed by atoms with Gasteiger partial charge in [-0.25, -0.2) is 0 Å². The number of piperidine rings is 1. The molecule has 0 saturated carbocycles. The summed E-state index contributed by atoms with van der Waals surface area (Å²) in [4.78, 5) is 15.9. The highest BCUT2D eigenvalue weighted by Gasteiger charge is 2.41. The van der Waals surface area contributed by atoms with Crippen molar-refractivity contribution < 1.29 is 14.3 Å². The van der Waals surface area contributed by atoms with Crippen LogP contribution < -0.4 is 10.1 Å². The molecule has 2 aromatic rings. The van der Waals surface area contributed by atoms with Crippen molar-refractivity contribution in [1.82, 2.24) is 4.90 Å². The minimum atomic E-state index is -0.544. The predicted molar refractivity (Wildman–Crippen MR) is 128 cm³/mol. The van der Waals surface area contributed by atoms with Crippen LogP contribution in [-0.2, 0) is 14.9 Å². The molecule has 1 N–H and O–H groups in total. The Balaban J connectivity index is 1.33. The molecular formula is C27H36N2O3. The zero-order valence-electron chi connectivity index (χ0n) is 19.4. The van der Waals surface area contributed by atoms with Crippen LogP contribution in [0, 0.1) is 11.8 Å². The minimum Gasteiger partial charge on any atom is -0.492 e. The van der Waals surface area contributed by atoms with Crippen LogP contribution in [0.1, 0.15) is 38.7 Å². The molecule has 1 amide bonds. The lowest BCUT2D eigenvalue weighted by molar-refractivity contribution is -0.125. The van der Waals surface area contributed by atoms with Crippen LogP contribution in [0.5, 0.6) is 5.75 Å². The Kier molecular flexibility index (Phi) is 7.48. The summed E-state index contributed by atoms with van der Waals surface area (Å²) >= 11 is 0. The van der Waals surface area contributed by atoms with Gasteiger partial charge in [-0.2, -0.15) is 0 Å². The van der Waals surface area contributed by atoms with Gasteiger partial charge >= 0.3 is 0 Å². The maximum atomic E-state index is 13.4. The molecule has 2 aliphatic rings. The molecule has 0 radical (unpaired) electrons. The fraction of sp³-hybridized carbons (Fsp3) is 0.519. The van der Waals surface area contributed by atoms with E-state index in [0.717, 1.165) is 48.5 Å². The Hall–Kier alpha value is -2.37. The van der Waals surface area contributed by atoms with Crippen LogP contribution in [0.15, 0.2) is 54.6 Å². The van der Waals surface area contributed by atoms with Crippen LogP contribution >= 0.6 is 0 Å². The smallest absolute Gasteiger partial charge is 0.235 e.